The van der Waals surface area contributed by atoms with Gasteiger partial charge in [-0.2, -0.15) is 4.98 Å². The topological polar surface area (TPSA) is 42.4 Å². The second-order valence-electron chi connectivity index (χ2n) is 11.6. The van der Waals surface area contributed by atoms with Gasteiger partial charge in [0.05, 0.1) is 11.4 Å². The summed E-state index contributed by atoms with van der Waals surface area (Å²) in [6, 6.07) is 42.9. The molecule has 0 bridgehead atoms. The summed E-state index contributed by atoms with van der Waals surface area (Å²) in [7, 11) is 0. The fourth-order valence-corrected chi connectivity index (χ4v) is 6.79. The first-order valence-corrected chi connectivity index (χ1v) is 14.3. The molecule has 0 N–H and O–H groups in total. The Balaban J connectivity index is 1.30. The molecule has 9 rings (SSSR count). The molecule has 0 radical (unpaired) electrons. The number of para-hydroxylation sites is 1. The maximum atomic E-state index is 6.66. The van der Waals surface area contributed by atoms with Crippen LogP contribution in [-0.4, -0.2) is 4.98 Å². The van der Waals surface area contributed by atoms with E-state index >= 15 is 0 Å². The van der Waals surface area contributed by atoms with Crippen LogP contribution >= 0.6 is 0 Å². The minimum atomic E-state index is -0.129. The Kier molecular flexibility index (Phi) is 4.64. The number of fused-ring (bicyclic) bond motifs is 9. The van der Waals surface area contributed by atoms with E-state index in [-0.39, 0.29) is 5.41 Å². The lowest BCUT2D eigenvalue weighted by atomic mass is 9.82. The molecule has 0 unspecified atom stereocenters. The van der Waals surface area contributed by atoms with Gasteiger partial charge in [-0.15, -0.1) is 0 Å². The summed E-state index contributed by atoms with van der Waals surface area (Å²) >= 11 is 0. The van der Waals surface area contributed by atoms with Crippen molar-refractivity contribution in [1.82, 2.24) is 4.98 Å². The number of nitrogens with zero attached hydrogens (tertiary/aromatic N) is 2. The molecule has 4 heteroatoms. The number of hydrogen-bond acceptors (Lipinski definition) is 4. The van der Waals surface area contributed by atoms with Gasteiger partial charge in [-0.05, 0) is 70.1 Å². The summed E-state index contributed by atoms with van der Waals surface area (Å²) in [5, 5.41) is 4.32. The zero-order valence-electron chi connectivity index (χ0n) is 23.3. The molecule has 200 valence electrons. The Bertz CT molecular complexity index is 2350. The van der Waals surface area contributed by atoms with Crippen molar-refractivity contribution >= 4 is 61.2 Å². The van der Waals surface area contributed by atoms with Crippen LogP contribution in [0.15, 0.2) is 130 Å². The van der Waals surface area contributed by atoms with Gasteiger partial charge in [0.25, 0.3) is 0 Å². The number of anilines is 3. The standard InChI is InChI=1S/C38H26N2O2/c1-38(2)31-13-7-5-11-27(31)28-18-16-25(22-32(28)38)40(24-17-20-35-30(21-24)29-12-6-8-14-34(29)41-35)37-39-33-19-15-23-9-3-4-10-26(23)36(33)42-37/h3-22H,1-2H3. The first-order valence-electron chi connectivity index (χ1n) is 14.3. The third kappa shape index (κ3) is 3.20. The molecule has 8 aromatic rings. The van der Waals surface area contributed by atoms with Gasteiger partial charge >= 0.3 is 6.01 Å². The lowest BCUT2D eigenvalue weighted by Gasteiger charge is -2.25. The van der Waals surface area contributed by atoms with Crippen LogP contribution in [0.4, 0.5) is 17.4 Å². The van der Waals surface area contributed by atoms with E-state index in [2.05, 4.69) is 97.6 Å². The molecule has 0 amide bonds. The number of furan rings is 1. The summed E-state index contributed by atoms with van der Waals surface area (Å²) in [5.41, 5.74) is 10.4. The van der Waals surface area contributed by atoms with E-state index in [0.29, 0.717) is 6.01 Å². The molecule has 6 aromatic carbocycles. The summed E-state index contributed by atoms with van der Waals surface area (Å²) in [5.74, 6) is 0. The van der Waals surface area contributed by atoms with Gasteiger partial charge in [-0.3, -0.25) is 4.90 Å². The molecule has 0 aliphatic heterocycles. The average molecular weight is 543 g/mol. The van der Waals surface area contributed by atoms with Crippen molar-refractivity contribution in [2.45, 2.75) is 19.3 Å². The molecule has 0 fully saturated rings. The molecular weight excluding hydrogens is 516 g/mol. The van der Waals surface area contributed by atoms with Crippen LogP contribution < -0.4 is 4.90 Å². The molecular formula is C38H26N2O2. The Hall–Kier alpha value is -5.35. The molecule has 1 aliphatic carbocycles. The second-order valence-corrected chi connectivity index (χ2v) is 11.6. The van der Waals surface area contributed by atoms with Gasteiger partial charge in [0.15, 0.2) is 5.58 Å². The number of aromatic nitrogens is 1. The number of benzene rings is 6. The summed E-state index contributed by atoms with van der Waals surface area (Å²) in [6.07, 6.45) is 0. The molecule has 2 heterocycles. The van der Waals surface area contributed by atoms with Crippen LogP contribution in [0.5, 0.6) is 0 Å². The van der Waals surface area contributed by atoms with Gasteiger partial charge in [0.2, 0.25) is 0 Å². The van der Waals surface area contributed by atoms with Crippen molar-refractivity contribution < 1.29 is 8.83 Å². The zero-order valence-corrected chi connectivity index (χ0v) is 23.3. The predicted molar refractivity (Wildman–Crippen MR) is 171 cm³/mol. The monoisotopic (exact) mass is 542 g/mol. The first kappa shape index (κ1) is 23.4. The second kappa shape index (κ2) is 8.34. The number of hydrogen-bond donors (Lipinski definition) is 0. The predicted octanol–water partition coefficient (Wildman–Crippen LogP) is 10.7. The van der Waals surface area contributed by atoms with Crippen molar-refractivity contribution in [3.05, 3.63) is 132 Å². The van der Waals surface area contributed by atoms with Crippen LogP contribution in [-0.2, 0) is 5.41 Å². The number of oxazole rings is 1. The highest BCUT2D eigenvalue weighted by Crippen LogP contribution is 2.51. The normalized spacial score (nSPS) is 13.7. The van der Waals surface area contributed by atoms with Crippen LogP contribution in [0.3, 0.4) is 0 Å². The maximum absolute atomic E-state index is 6.66. The van der Waals surface area contributed by atoms with Gasteiger partial charge in [-0.1, -0.05) is 92.7 Å². The Morgan fingerprint density at radius 3 is 2.21 bits per heavy atom. The van der Waals surface area contributed by atoms with Crippen LogP contribution in [0, 0.1) is 0 Å². The van der Waals surface area contributed by atoms with Crippen molar-refractivity contribution in [3.8, 4) is 11.1 Å². The SMILES string of the molecule is CC1(C)c2ccccc2-c2ccc(N(c3ccc4oc5ccccc5c4c3)c3nc4ccc5ccccc5c4o3)cc21. The Morgan fingerprint density at radius 2 is 1.29 bits per heavy atom. The van der Waals surface area contributed by atoms with Crippen molar-refractivity contribution in [2.75, 3.05) is 4.90 Å². The maximum Gasteiger partial charge on any atom is 0.307 e. The van der Waals surface area contributed by atoms with Crippen molar-refractivity contribution in [2.24, 2.45) is 0 Å². The highest BCUT2D eigenvalue weighted by atomic mass is 16.4. The van der Waals surface area contributed by atoms with Crippen LogP contribution in [0.25, 0.3) is 54.9 Å². The summed E-state index contributed by atoms with van der Waals surface area (Å²) < 4.78 is 12.8. The Morgan fingerprint density at radius 1 is 0.571 bits per heavy atom. The van der Waals surface area contributed by atoms with E-state index in [9.17, 15) is 0 Å². The van der Waals surface area contributed by atoms with E-state index in [1.54, 1.807) is 0 Å². The lowest BCUT2D eigenvalue weighted by Crippen LogP contribution is -2.16. The molecule has 0 saturated heterocycles. The van der Waals surface area contributed by atoms with Gasteiger partial charge in [-0.25, -0.2) is 0 Å². The molecule has 4 nitrogen and oxygen atoms in total. The fraction of sp³-hybridized carbons (Fsp3) is 0.0789. The quantitative estimate of drug-likeness (QED) is 0.223. The lowest BCUT2D eigenvalue weighted by molar-refractivity contribution is 0.610. The summed E-state index contributed by atoms with van der Waals surface area (Å²) in [4.78, 5) is 7.19. The van der Waals surface area contributed by atoms with E-state index in [0.717, 1.165) is 55.2 Å². The molecule has 0 saturated carbocycles. The highest BCUT2D eigenvalue weighted by molar-refractivity contribution is 6.07. The molecule has 0 atom stereocenters. The summed E-state index contributed by atoms with van der Waals surface area (Å²) in [6.45, 7) is 4.61. The van der Waals surface area contributed by atoms with E-state index in [4.69, 9.17) is 13.8 Å². The van der Waals surface area contributed by atoms with Gasteiger partial charge < -0.3 is 8.83 Å². The third-order valence-electron chi connectivity index (χ3n) is 8.90. The van der Waals surface area contributed by atoms with E-state index < -0.39 is 0 Å². The minimum absolute atomic E-state index is 0.129. The minimum Gasteiger partial charge on any atom is -0.456 e. The van der Waals surface area contributed by atoms with Gasteiger partial charge in [0, 0.05) is 21.6 Å². The van der Waals surface area contributed by atoms with E-state index in [1.807, 2.05) is 42.5 Å². The van der Waals surface area contributed by atoms with Crippen molar-refractivity contribution in [3.63, 3.8) is 0 Å². The fourth-order valence-electron chi connectivity index (χ4n) is 6.79. The van der Waals surface area contributed by atoms with Crippen LogP contribution in [0.1, 0.15) is 25.0 Å². The van der Waals surface area contributed by atoms with E-state index in [1.165, 1.54) is 22.3 Å². The molecule has 42 heavy (non-hydrogen) atoms. The van der Waals surface area contributed by atoms with Crippen LogP contribution in [0.2, 0.25) is 0 Å². The number of rotatable bonds is 3. The molecule has 1 aliphatic rings. The zero-order chi connectivity index (χ0) is 28.0. The average Bonchev–Trinajstić information content (AvgIpc) is 3.68. The smallest absolute Gasteiger partial charge is 0.307 e. The largest absolute Gasteiger partial charge is 0.456 e. The molecule has 2 aromatic heterocycles. The first-order chi connectivity index (χ1) is 20.6. The van der Waals surface area contributed by atoms with Crippen molar-refractivity contribution in [1.29, 1.82) is 0 Å². The van der Waals surface area contributed by atoms with Gasteiger partial charge in [0.1, 0.15) is 16.7 Å². The Labute approximate surface area is 242 Å². The third-order valence-corrected chi connectivity index (χ3v) is 8.90. The molecule has 0 spiro atoms. The highest BCUT2D eigenvalue weighted by Gasteiger charge is 2.36.